The van der Waals surface area contributed by atoms with Crippen molar-refractivity contribution in [1.82, 2.24) is 10.2 Å². The molecule has 5 heteroatoms. The van der Waals surface area contributed by atoms with Crippen LogP contribution in [0.3, 0.4) is 0 Å². The number of carbonyl (C=O) groups is 1. The van der Waals surface area contributed by atoms with Gasteiger partial charge in [0.05, 0.1) is 0 Å². The summed E-state index contributed by atoms with van der Waals surface area (Å²) in [5.41, 5.74) is 3.86. The summed E-state index contributed by atoms with van der Waals surface area (Å²) >= 11 is 0. The van der Waals surface area contributed by atoms with Crippen molar-refractivity contribution in [1.29, 1.82) is 0 Å². The molecule has 5 nitrogen and oxygen atoms in total. The molecule has 0 saturated heterocycles. The Kier molecular flexibility index (Phi) is 4.75. The molecule has 0 aliphatic carbocycles. The third-order valence-electron chi connectivity index (χ3n) is 4.15. The number of benzene rings is 2. The molecule has 0 bridgehead atoms. The van der Waals surface area contributed by atoms with Gasteiger partial charge in [-0.1, -0.05) is 24.3 Å². The molecule has 0 atom stereocenters. The van der Waals surface area contributed by atoms with E-state index in [9.17, 15) is 4.79 Å². The molecule has 25 heavy (non-hydrogen) atoms. The first-order valence-corrected chi connectivity index (χ1v) is 8.06. The maximum absolute atomic E-state index is 12.3. The molecular weight excluding hydrogens is 312 g/mol. The fourth-order valence-electron chi connectivity index (χ4n) is 2.43. The topological polar surface area (TPSA) is 58.1 Å². The number of aromatic nitrogens is 2. The molecule has 0 aliphatic heterocycles. The van der Waals surface area contributed by atoms with E-state index < -0.39 is 0 Å². The second kappa shape index (κ2) is 7.13. The average molecular weight is 332 g/mol. The van der Waals surface area contributed by atoms with E-state index in [1.54, 1.807) is 6.07 Å². The number of hydrogen-bond acceptors (Lipinski definition) is 4. The van der Waals surface area contributed by atoms with Crippen LogP contribution in [0.5, 0.6) is 0 Å². The van der Waals surface area contributed by atoms with Crippen LogP contribution in [0.25, 0.3) is 0 Å². The Labute approximate surface area is 147 Å². The lowest BCUT2D eigenvalue weighted by molar-refractivity contribution is 0.102. The van der Waals surface area contributed by atoms with Gasteiger partial charge in [-0.25, -0.2) is 0 Å². The molecule has 1 aromatic heterocycles. The van der Waals surface area contributed by atoms with Crippen LogP contribution in [0.4, 0.5) is 17.3 Å². The van der Waals surface area contributed by atoms with Crippen molar-refractivity contribution >= 4 is 23.2 Å². The van der Waals surface area contributed by atoms with Crippen LogP contribution in [0, 0.1) is 13.8 Å². The molecule has 2 aromatic carbocycles. The van der Waals surface area contributed by atoms with Crippen LogP contribution in [0.2, 0.25) is 0 Å². The van der Waals surface area contributed by atoms with Gasteiger partial charge >= 0.3 is 0 Å². The highest BCUT2D eigenvalue weighted by Gasteiger charge is 2.10. The SMILES string of the molecule is Cc1ccc(C(=O)Nc2ccc(N(C)c3ccccc3)nn2)cc1C. The van der Waals surface area contributed by atoms with Gasteiger partial charge < -0.3 is 10.2 Å². The lowest BCUT2D eigenvalue weighted by Gasteiger charge is -2.17. The molecular formula is C20H20N4O. The minimum atomic E-state index is -0.193. The largest absolute Gasteiger partial charge is 0.328 e. The van der Waals surface area contributed by atoms with Crippen molar-refractivity contribution in [2.45, 2.75) is 13.8 Å². The Hall–Kier alpha value is -3.21. The van der Waals surface area contributed by atoms with Crippen LogP contribution in [0.1, 0.15) is 21.5 Å². The van der Waals surface area contributed by atoms with Gasteiger partial charge in [0.15, 0.2) is 11.6 Å². The lowest BCUT2D eigenvalue weighted by atomic mass is 10.1. The monoisotopic (exact) mass is 332 g/mol. The van der Waals surface area contributed by atoms with E-state index in [2.05, 4.69) is 15.5 Å². The van der Waals surface area contributed by atoms with E-state index in [-0.39, 0.29) is 5.91 Å². The maximum atomic E-state index is 12.3. The normalized spacial score (nSPS) is 10.4. The van der Waals surface area contributed by atoms with Crippen molar-refractivity contribution in [3.05, 3.63) is 77.4 Å². The number of rotatable bonds is 4. The van der Waals surface area contributed by atoms with Gasteiger partial charge in [-0.15, -0.1) is 10.2 Å². The summed E-state index contributed by atoms with van der Waals surface area (Å²) in [7, 11) is 1.92. The Balaban J connectivity index is 1.72. The molecule has 0 saturated carbocycles. The smallest absolute Gasteiger partial charge is 0.256 e. The summed E-state index contributed by atoms with van der Waals surface area (Å²) in [5, 5.41) is 11.1. The summed E-state index contributed by atoms with van der Waals surface area (Å²) in [4.78, 5) is 14.3. The second-order valence-corrected chi connectivity index (χ2v) is 5.92. The van der Waals surface area contributed by atoms with E-state index in [4.69, 9.17) is 0 Å². The van der Waals surface area contributed by atoms with Crippen molar-refractivity contribution in [3.8, 4) is 0 Å². The number of para-hydroxylation sites is 1. The van der Waals surface area contributed by atoms with Crippen LogP contribution >= 0.6 is 0 Å². The number of hydrogen-bond donors (Lipinski definition) is 1. The standard InChI is InChI=1S/C20H20N4O/c1-14-9-10-16(13-15(14)2)20(25)21-18-11-12-19(23-22-18)24(3)17-7-5-4-6-8-17/h4-13H,1-3H3,(H,21,22,25). The zero-order valence-electron chi connectivity index (χ0n) is 14.5. The van der Waals surface area contributed by atoms with Crippen LogP contribution < -0.4 is 10.2 Å². The Bertz CT molecular complexity index is 876. The highest BCUT2D eigenvalue weighted by atomic mass is 16.1. The Morgan fingerprint density at radius 2 is 1.68 bits per heavy atom. The summed E-state index contributed by atoms with van der Waals surface area (Å²) in [6.07, 6.45) is 0. The van der Waals surface area contributed by atoms with Crippen LogP contribution in [-0.4, -0.2) is 23.2 Å². The minimum Gasteiger partial charge on any atom is -0.328 e. The van der Waals surface area contributed by atoms with Crippen LogP contribution in [-0.2, 0) is 0 Å². The highest BCUT2D eigenvalue weighted by molar-refractivity contribution is 6.03. The lowest BCUT2D eigenvalue weighted by Crippen LogP contribution is -2.15. The highest BCUT2D eigenvalue weighted by Crippen LogP contribution is 2.21. The van der Waals surface area contributed by atoms with E-state index in [0.29, 0.717) is 17.2 Å². The zero-order chi connectivity index (χ0) is 17.8. The third kappa shape index (κ3) is 3.83. The van der Waals surface area contributed by atoms with Gasteiger partial charge in [-0.05, 0) is 61.4 Å². The maximum Gasteiger partial charge on any atom is 0.256 e. The van der Waals surface area contributed by atoms with Gasteiger partial charge in [0, 0.05) is 18.3 Å². The van der Waals surface area contributed by atoms with Crippen molar-refractivity contribution in [2.75, 3.05) is 17.3 Å². The minimum absolute atomic E-state index is 0.193. The molecule has 0 unspecified atom stereocenters. The number of nitrogens with zero attached hydrogens (tertiary/aromatic N) is 3. The molecule has 0 fully saturated rings. The molecule has 3 aromatic rings. The summed E-state index contributed by atoms with van der Waals surface area (Å²) in [5.74, 6) is 0.936. The predicted octanol–water partition coefficient (Wildman–Crippen LogP) is 4.11. The van der Waals surface area contributed by atoms with Gasteiger partial charge in [0.1, 0.15) is 0 Å². The van der Waals surface area contributed by atoms with E-state index in [1.165, 1.54) is 0 Å². The second-order valence-electron chi connectivity index (χ2n) is 5.92. The molecule has 1 N–H and O–H groups in total. The third-order valence-corrected chi connectivity index (χ3v) is 4.15. The molecule has 126 valence electrons. The van der Waals surface area contributed by atoms with Gasteiger partial charge in [0.2, 0.25) is 0 Å². The quantitative estimate of drug-likeness (QED) is 0.781. The van der Waals surface area contributed by atoms with E-state index in [1.807, 2.05) is 80.4 Å². The fourth-order valence-corrected chi connectivity index (χ4v) is 2.43. The fraction of sp³-hybridized carbons (Fsp3) is 0.150. The molecule has 1 amide bonds. The first kappa shape index (κ1) is 16.6. The van der Waals surface area contributed by atoms with Crippen molar-refractivity contribution in [3.63, 3.8) is 0 Å². The Morgan fingerprint density at radius 1 is 0.920 bits per heavy atom. The first-order valence-electron chi connectivity index (χ1n) is 8.06. The van der Waals surface area contributed by atoms with E-state index in [0.717, 1.165) is 16.8 Å². The number of nitrogens with one attached hydrogen (secondary N) is 1. The Morgan fingerprint density at radius 3 is 2.32 bits per heavy atom. The van der Waals surface area contributed by atoms with Gasteiger partial charge in [-0.3, -0.25) is 4.79 Å². The predicted molar refractivity (Wildman–Crippen MR) is 100 cm³/mol. The molecule has 0 radical (unpaired) electrons. The number of anilines is 3. The number of amides is 1. The zero-order valence-corrected chi connectivity index (χ0v) is 14.5. The van der Waals surface area contributed by atoms with Gasteiger partial charge in [0.25, 0.3) is 5.91 Å². The number of aryl methyl sites for hydroxylation is 2. The first-order chi connectivity index (χ1) is 12.0. The van der Waals surface area contributed by atoms with Crippen molar-refractivity contribution in [2.24, 2.45) is 0 Å². The summed E-state index contributed by atoms with van der Waals surface area (Å²) in [6, 6.07) is 19.1. The van der Waals surface area contributed by atoms with Crippen LogP contribution in [0.15, 0.2) is 60.7 Å². The summed E-state index contributed by atoms with van der Waals surface area (Å²) < 4.78 is 0. The molecule has 0 spiro atoms. The van der Waals surface area contributed by atoms with Crippen molar-refractivity contribution < 1.29 is 4.79 Å². The molecule has 1 heterocycles. The molecule has 3 rings (SSSR count). The summed E-state index contributed by atoms with van der Waals surface area (Å²) in [6.45, 7) is 4.00. The molecule has 0 aliphatic rings. The van der Waals surface area contributed by atoms with E-state index >= 15 is 0 Å². The number of carbonyl (C=O) groups excluding carboxylic acids is 1. The van der Waals surface area contributed by atoms with Gasteiger partial charge in [-0.2, -0.15) is 0 Å². The average Bonchev–Trinajstić information content (AvgIpc) is 2.64.